The molecule has 5 heteroatoms. The van der Waals surface area contributed by atoms with Gasteiger partial charge in [-0.25, -0.2) is 0 Å². The van der Waals surface area contributed by atoms with Gasteiger partial charge in [-0.2, -0.15) is 0 Å². The maximum Gasteiger partial charge on any atom is 0.229 e. The maximum atomic E-state index is 11.8. The van der Waals surface area contributed by atoms with Crippen LogP contribution in [0.5, 0.6) is 0 Å². The molecule has 0 radical (unpaired) electrons. The van der Waals surface area contributed by atoms with Gasteiger partial charge in [-0.3, -0.25) is 4.79 Å². The number of benzene rings is 1. The molecule has 2 N–H and O–H groups in total. The van der Waals surface area contributed by atoms with Crippen molar-refractivity contribution in [3.8, 4) is 0 Å². The van der Waals surface area contributed by atoms with Crippen LogP contribution in [0.25, 0.3) is 0 Å². The van der Waals surface area contributed by atoms with E-state index in [9.17, 15) is 4.79 Å². The Balaban J connectivity index is 1.88. The van der Waals surface area contributed by atoms with Gasteiger partial charge in [0.15, 0.2) is 5.82 Å². The second-order valence-electron chi connectivity index (χ2n) is 4.44. The summed E-state index contributed by atoms with van der Waals surface area (Å²) in [5.74, 6) is 1.08. The minimum absolute atomic E-state index is 0.0974. The molecule has 104 valence electrons. The van der Waals surface area contributed by atoms with Crippen LogP contribution in [0.15, 0.2) is 42.5 Å². The molecule has 2 aromatic rings. The number of anilines is 2. The largest absolute Gasteiger partial charge is 0.369 e. The molecule has 0 aliphatic rings. The van der Waals surface area contributed by atoms with Gasteiger partial charge in [0, 0.05) is 6.54 Å². The molecule has 0 unspecified atom stereocenters. The van der Waals surface area contributed by atoms with Crippen molar-refractivity contribution in [1.82, 2.24) is 10.2 Å². The van der Waals surface area contributed by atoms with E-state index in [0.29, 0.717) is 18.1 Å². The van der Waals surface area contributed by atoms with Crippen LogP contribution in [0.1, 0.15) is 18.9 Å². The minimum atomic E-state index is -0.0974. The molecule has 1 aromatic heterocycles. The Bertz CT molecular complexity index is 540. The lowest BCUT2D eigenvalue weighted by Crippen LogP contribution is -2.15. The van der Waals surface area contributed by atoms with E-state index < -0.39 is 0 Å². The summed E-state index contributed by atoms with van der Waals surface area (Å²) in [6.45, 7) is 2.94. The maximum absolute atomic E-state index is 11.8. The zero-order valence-electron chi connectivity index (χ0n) is 11.5. The molecule has 5 nitrogen and oxygen atoms in total. The Morgan fingerprint density at radius 1 is 1.05 bits per heavy atom. The Morgan fingerprint density at radius 2 is 1.75 bits per heavy atom. The Morgan fingerprint density at radius 3 is 2.40 bits per heavy atom. The molecule has 1 amide bonds. The fraction of sp³-hybridized carbons (Fsp3) is 0.267. The number of carbonyl (C=O) groups excluding carboxylic acids is 1. The van der Waals surface area contributed by atoms with E-state index in [4.69, 9.17) is 0 Å². The van der Waals surface area contributed by atoms with E-state index in [1.165, 1.54) is 0 Å². The average Bonchev–Trinajstić information content (AvgIpc) is 2.47. The van der Waals surface area contributed by atoms with E-state index in [0.717, 1.165) is 18.5 Å². The summed E-state index contributed by atoms with van der Waals surface area (Å²) in [4.78, 5) is 11.8. The number of carbonyl (C=O) groups is 1. The first-order chi connectivity index (χ1) is 9.78. The molecule has 1 heterocycles. The van der Waals surface area contributed by atoms with Crippen molar-refractivity contribution >= 4 is 17.5 Å². The van der Waals surface area contributed by atoms with E-state index in [-0.39, 0.29) is 5.91 Å². The molecular weight excluding hydrogens is 252 g/mol. The molecule has 2 rings (SSSR count). The molecule has 0 bridgehead atoms. The van der Waals surface area contributed by atoms with E-state index in [1.54, 1.807) is 12.1 Å². The quantitative estimate of drug-likeness (QED) is 0.846. The molecule has 0 aliphatic carbocycles. The lowest BCUT2D eigenvalue weighted by molar-refractivity contribution is -0.115. The first kappa shape index (κ1) is 14.0. The minimum Gasteiger partial charge on any atom is -0.369 e. The summed E-state index contributed by atoms with van der Waals surface area (Å²) in [5.41, 5.74) is 0.971. The Hall–Kier alpha value is -2.43. The molecule has 1 aromatic carbocycles. The normalized spacial score (nSPS) is 10.1. The second kappa shape index (κ2) is 7.23. The third-order valence-electron chi connectivity index (χ3n) is 2.70. The van der Waals surface area contributed by atoms with Gasteiger partial charge in [0.1, 0.15) is 5.82 Å². The molecule has 0 atom stereocenters. The number of nitrogens with zero attached hydrogens (tertiary/aromatic N) is 2. The van der Waals surface area contributed by atoms with Crippen molar-refractivity contribution < 1.29 is 4.79 Å². The number of aromatic nitrogens is 2. The van der Waals surface area contributed by atoms with Crippen molar-refractivity contribution in [1.29, 1.82) is 0 Å². The van der Waals surface area contributed by atoms with Gasteiger partial charge in [0.25, 0.3) is 0 Å². The lowest BCUT2D eigenvalue weighted by Gasteiger charge is -2.06. The summed E-state index contributed by atoms with van der Waals surface area (Å²) in [6.07, 6.45) is 1.36. The van der Waals surface area contributed by atoms with Crippen LogP contribution in [-0.2, 0) is 11.2 Å². The predicted octanol–water partition coefficient (Wildman–Crippen LogP) is 2.48. The fourth-order valence-corrected chi connectivity index (χ4v) is 1.71. The first-order valence-electron chi connectivity index (χ1n) is 6.69. The van der Waals surface area contributed by atoms with Crippen LogP contribution in [-0.4, -0.2) is 22.6 Å². The summed E-state index contributed by atoms with van der Waals surface area (Å²) < 4.78 is 0. The molecular formula is C15H18N4O. The van der Waals surface area contributed by atoms with Crippen molar-refractivity contribution in [3.05, 3.63) is 48.0 Å². The number of amides is 1. The van der Waals surface area contributed by atoms with Gasteiger partial charge < -0.3 is 10.6 Å². The topological polar surface area (TPSA) is 66.9 Å². The number of hydrogen-bond donors (Lipinski definition) is 2. The smallest absolute Gasteiger partial charge is 0.229 e. The Labute approximate surface area is 118 Å². The zero-order chi connectivity index (χ0) is 14.2. The van der Waals surface area contributed by atoms with Crippen LogP contribution in [0.4, 0.5) is 11.6 Å². The van der Waals surface area contributed by atoms with Gasteiger partial charge in [0.05, 0.1) is 6.42 Å². The third-order valence-corrected chi connectivity index (χ3v) is 2.70. The highest BCUT2D eigenvalue weighted by Crippen LogP contribution is 2.07. The van der Waals surface area contributed by atoms with Gasteiger partial charge in [-0.15, -0.1) is 10.2 Å². The number of nitrogens with one attached hydrogen (secondary N) is 2. The van der Waals surface area contributed by atoms with Crippen LogP contribution in [0.2, 0.25) is 0 Å². The molecule has 0 spiro atoms. The van der Waals surface area contributed by atoms with Crippen LogP contribution in [0.3, 0.4) is 0 Å². The van der Waals surface area contributed by atoms with Crippen LogP contribution in [0, 0.1) is 0 Å². The number of rotatable bonds is 6. The summed E-state index contributed by atoms with van der Waals surface area (Å²) in [5, 5.41) is 13.8. The van der Waals surface area contributed by atoms with E-state index in [1.807, 2.05) is 30.3 Å². The molecule has 0 saturated carbocycles. The molecule has 0 fully saturated rings. The first-order valence-corrected chi connectivity index (χ1v) is 6.69. The highest BCUT2D eigenvalue weighted by molar-refractivity contribution is 5.91. The van der Waals surface area contributed by atoms with Crippen LogP contribution < -0.4 is 10.6 Å². The van der Waals surface area contributed by atoms with Gasteiger partial charge in [-0.05, 0) is 24.1 Å². The van der Waals surface area contributed by atoms with Crippen LogP contribution >= 0.6 is 0 Å². The monoisotopic (exact) mass is 270 g/mol. The summed E-state index contributed by atoms with van der Waals surface area (Å²) in [6, 6.07) is 13.1. The SMILES string of the molecule is CCCNc1ccc(NC(=O)Cc2ccccc2)nn1. The molecule has 0 saturated heterocycles. The van der Waals surface area contributed by atoms with Gasteiger partial charge >= 0.3 is 0 Å². The lowest BCUT2D eigenvalue weighted by atomic mass is 10.1. The fourth-order valence-electron chi connectivity index (χ4n) is 1.71. The van der Waals surface area contributed by atoms with Crippen molar-refractivity contribution in [2.75, 3.05) is 17.2 Å². The number of hydrogen-bond acceptors (Lipinski definition) is 4. The zero-order valence-corrected chi connectivity index (χ0v) is 11.5. The third kappa shape index (κ3) is 4.35. The van der Waals surface area contributed by atoms with Crippen molar-refractivity contribution in [2.45, 2.75) is 19.8 Å². The molecule has 0 aliphatic heterocycles. The summed E-state index contributed by atoms with van der Waals surface area (Å²) in [7, 11) is 0. The van der Waals surface area contributed by atoms with E-state index >= 15 is 0 Å². The Kier molecular flexibility index (Phi) is 5.06. The summed E-state index contributed by atoms with van der Waals surface area (Å²) >= 11 is 0. The van der Waals surface area contributed by atoms with Crippen molar-refractivity contribution in [2.24, 2.45) is 0 Å². The molecule has 20 heavy (non-hydrogen) atoms. The van der Waals surface area contributed by atoms with Gasteiger partial charge in [0.2, 0.25) is 5.91 Å². The van der Waals surface area contributed by atoms with E-state index in [2.05, 4.69) is 27.8 Å². The standard InChI is InChI=1S/C15H18N4O/c1-2-10-16-13-8-9-14(19-18-13)17-15(20)11-12-6-4-3-5-7-12/h3-9H,2,10-11H2,1H3,(H,16,18)(H,17,19,20). The van der Waals surface area contributed by atoms with Crippen molar-refractivity contribution in [3.63, 3.8) is 0 Å². The predicted molar refractivity (Wildman–Crippen MR) is 79.6 cm³/mol. The second-order valence-corrected chi connectivity index (χ2v) is 4.44. The highest BCUT2D eigenvalue weighted by atomic mass is 16.1. The highest BCUT2D eigenvalue weighted by Gasteiger charge is 2.05. The average molecular weight is 270 g/mol. The van der Waals surface area contributed by atoms with Gasteiger partial charge in [-0.1, -0.05) is 37.3 Å².